The van der Waals surface area contributed by atoms with Gasteiger partial charge < -0.3 is 19.5 Å². The van der Waals surface area contributed by atoms with Crippen LogP contribution in [0.15, 0.2) is 54.2 Å². The first kappa shape index (κ1) is 23.5. The van der Waals surface area contributed by atoms with E-state index >= 15 is 0 Å². The van der Waals surface area contributed by atoms with E-state index in [4.69, 9.17) is 9.47 Å². The number of amides is 1. The number of rotatable bonds is 9. The molecule has 1 aliphatic rings. The second kappa shape index (κ2) is 10.4. The number of nitrogens with zero attached hydrogens (tertiary/aromatic N) is 2. The Morgan fingerprint density at radius 2 is 1.88 bits per heavy atom. The van der Waals surface area contributed by atoms with Gasteiger partial charge in [0.15, 0.2) is 0 Å². The third-order valence-corrected chi connectivity index (χ3v) is 4.98. The molecule has 1 saturated heterocycles. The summed E-state index contributed by atoms with van der Waals surface area (Å²) in [6, 6.07) is 11.4. The molecule has 0 spiro atoms. The quantitative estimate of drug-likeness (QED) is 0.274. The van der Waals surface area contributed by atoms with Crippen LogP contribution in [0, 0.1) is 0 Å². The maximum absolute atomic E-state index is 13.0. The number of ether oxygens (including phenoxy) is 2. The summed E-state index contributed by atoms with van der Waals surface area (Å²) in [6.07, 6.45) is 2.21. The number of aromatic nitrogens is 1. The van der Waals surface area contributed by atoms with Gasteiger partial charge in [-0.15, -0.1) is 0 Å². The topological polar surface area (TPSA) is 89.0 Å². The van der Waals surface area contributed by atoms with E-state index in [0.29, 0.717) is 36.6 Å². The lowest BCUT2D eigenvalue weighted by Crippen LogP contribution is -2.31. The highest BCUT2D eigenvalue weighted by atomic mass is 16.5. The molecule has 1 fully saturated rings. The molecule has 1 aromatic heterocycles. The number of aliphatic hydroxyl groups is 1. The van der Waals surface area contributed by atoms with Gasteiger partial charge in [0.25, 0.3) is 11.7 Å². The van der Waals surface area contributed by atoms with Crippen molar-refractivity contribution in [1.82, 2.24) is 9.88 Å². The molecule has 2 heterocycles. The molecule has 1 unspecified atom stereocenters. The smallest absolute Gasteiger partial charge is 0.295 e. The molecule has 1 amide bonds. The number of carbonyl (C=O) groups is 2. The zero-order chi connectivity index (χ0) is 23.3. The molecule has 0 radical (unpaired) electrons. The Morgan fingerprint density at radius 1 is 1.09 bits per heavy atom. The van der Waals surface area contributed by atoms with Crippen molar-refractivity contribution in [2.24, 2.45) is 0 Å². The molecule has 0 saturated carbocycles. The molecule has 0 aliphatic carbocycles. The molecule has 3 rings (SSSR count). The average Bonchev–Trinajstić information content (AvgIpc) is 3.01. The van der Waals surface area contributed by atoms with Crippen LogP contribution in [0.1, 0.15) is 51.4 Å². The van der Waals surface area contributed by atoms with Crippen molar-refractivity contribution < 1.29 is 24.2 Å². The number of benzene rings is 1. The van der Waals surface area contributed by atoms with E-state index in [1.807, 2.05) is 27.7 Å². The predicted molar refractivity (Wildman–Crippen MR) is 121 cm³/mol. The standard InChI is InChI=1S/C25H30N2O5/c1-16(2)31-14-8-13-27-22(20-11-5-6-12-26-20)21(24(29)25(27)30)23(28)18-9-7-10-19(15-18)32-17(3)4/h5-7,9-12,15-17,22,28H,8,13-14H2,1-4H3/b23-21-. The lowest BCUT2D eigenvalue weighted by molar-refractivity contribution is -0.140. The molecule has 170 valence electrons. The second-order valence-corrected chi connectivity index (χ2v) is 8.21. The van der Waals surface area contributed by atoms with Gasteiger partial charge >= 0.3 is 0 Å². The van der Waals surface area contributed by atoms with Crippen molar-refractivity contribution in [2.45, 2.75) is 52.4 Å². The van der Waals surface area contributed by atoms with Gasteiger partial charge in [-0.3, -0.25) is 14.6 Å². The van der Waals surface area contributed by atoms with Gasteiger partial charge in [0.1, 0.15) is 17.6 Å². The van der Waals surface area contributed by atoms with E-state index in [9.17, 15) is 14.7 Å². The van der Waals surface area contributed by atoms with Crippen molar-refractivity contribution >= 4 is 17.4 Å². The Hall–Kier alpha value is -3.19. The lowest BCUT2D eigenvalue weighted by Gasteiger charge is -2.24. The summed E-state index contributed by atoms with van der Waals surface area (Å²) in [5.41, 5.74) is 0.956. The monoisotopic (exact) mass is 438 g/mol. The molecule has 32 heavy (non-hydrogen) atoms. The number of aliphatic hydroxyl groups excluding tert-OH is 1. The number of ketones is 1. The Bertz CT molecular complexity index is 985. The third kappa shape index (κ3) is 5.34. The van der Waals surface area contributed by atoms with Crippen molar-refractivity contribution in [3.05, 3.63) is 65.5 Å². The fourth-order valence-electron chi connectivity index (χ4n) is 3.65. The van der Waals surface area contributed by atoms with Gasteiger partial charge in [0.05, 0.1) is 23.5 Å². The number of carbonyl (C=O) groups excluding carboxylic acids is 2. The maximum Gasteiger partial charge on any atom is 0.295 e. The summed E-state index contributed by atoms with van der Waals surface area (Å²) in [5, 5.41) is 11.1. The van der Waals surface area contributed by atoms with Crippen LogP contribution in [-0.4, -0.2) is 52.0 Å². The van der Waals surface area contributed by atoms with Gasteiger partial charge in [-0.1, -0.05) is 18.2 Å². The first-order valence-electron chi connectivity index (χ1n) is 10.9. The summed E-state index contributed by atoms with van der Waals surface area (Å²) < 4.78 is 11.3. The van der Waals surface area contributed by atoms with Gasteiger partial charge in [0, 0.05) is 24.9 Å². The molecular formula is C25H30N2O5. The van der Waals surface area contributed by atoms with Gasteiger partial charge in [-0.25, -0.2) is 0 Å². The zero-order valence-electron chi connectivity index (χ0n) is 18.9. The van der Waals surface area contributed by atoms with Gasteiger partial charge in [0.2, 0.25) is 0 Å². The molecule has 7 nitrogen and oxygen atoms in total. The third-order valence-electron chi connectivity index (χ3n) is 4.98. The van der Waals surface area contributed by atoms with Gasteiger partial charge in [-0.2, -0.15) is 0 Å². The minimum absolute atomic E-state index is 0.0279. The van der Waals surface area contributed by atoms with Crippen molar-refractivity contribution in [2.75, 3.05) is 13.2 Å². The Morgan fingerprint density at radius 3 is 2.53 bits per heavy atom. The predicted octanol–water partition coefficient (Wildman–Crippen LogP) is 4.11. The van der Waals surface area contributed by atoms with Crippen LogP contribution in [0.25, 0.3) is 5.76 Å². The van der Waals surface area contributed by atoms with Crippen molar-refractivity contribution in [3.8, 4) is 5.75 Å². The molecule has 2 aromatic rings. The number of pyridine rings is 1. The van der Waals surface area contributed by atoms with E-state index in [1.165, 1.54) is 4.90 Å². The number of hydrogen-bond acceptors (Lipinski definition) is 6. The van der Waals surface area contributed by atoms with Crippen LogP contribution in [-0.2, 0) is 14.3 Å². The van der Waals surface area contributed by atoms with Crippen LogP contribution in [0.5, 0.6) is 5.75 Å². The van der Waals surface area contributed by atoms with Crippen LogP contribution >= 0.6 is 0 Å². The highest BCUT2D eigenvalue weighted by Crippen LogP contribution is 2.39. The van der Waals surface area contributed by atoms with E-state index in [1.54, 1.807) is 48.7 Å². The Kier molecular flexibility index (Phi) is 7.64. The average molecular weight is 439 g/mol. The van der Waals surface area contributed by atoms with Gasteiger partial charge in [-0.05, 0) is 58.4 Å². The normalized spacial score (nSPS) is 18.1. The van der Waals surface area contributed by atoms with Crippen molar-refractivity contribution in [1.29, 1.82) is 0 Å². The lowest BCUT2D eigenvalue weighted by atomic mass is 9.98. The fourth-order valence-corrected chi connectivity index (χ4v) is 3.65. The summed E-state index contributed by atoms with van der Waals surface area (Å²) >= 11 is 0. The molecule has 0 bridgehead atoms. The van der Waals surface area contributed by atoms with Crippen molar-refractivity contribution in [3.63, 3.8) is 0 Å². The SMILES string of the molecule is CC(C)OCCCN1C(=O)C(=O)/C(=C(\O)c2cccc(OC(C)C)c2)C1c1ccccn1. The summed E-state index contributed by atoms with van der Waals surface area (Å²) in [5.74, 6) is -1.05. The van der Waals surface area contributed by atoms with E-state index in [0.717, 1.165) is 0 Å². The number of hydrogen-bond donors (Lipinski definition) is 1. The van der Waals surface area contributed by atoms with Crippen LogP contribution in [0.2, 0.25) is 0 Å². The Balaban J connectivity index is 2.00. The van der Waals surface area contributed by atoms with E-state index in [-0.39, 0.29) is 23.5 Å². The van der Waals surface area contributed by atoms with Crippen LogP contribution in [0.3, 0.4) is 0 Å². The number of likely N-dealkylation sites (tertiary alicyclic amines) is 1. The summed E-state index contributed by atoms with van der Waals surface area (Å²) in [6.45, 7) is 8.47. The Labute approximate surface area is 188 Å². The van der Waals surface area contributed by atoms with Crippen LogP contribution in [0.4, 0.5) is 0 Å². The minimum atomic E-state index is -0.773. The maximum atomic E-state index is 13.0. The highest BCUT2D eigenvalue weighted by molar-refractivity contribution is 6.46. The first-order valence-corrected chi connectivity index (χ1v) is 10.9. The zero-order valence-corrected chi connectivity index (χ0v) is 18.9. The largest absolute Gasteiger partial charge is 0.507 e. The first-order chi connectivity index (χ1) is 15.3. The molecule has 1 N–H and O–H groups in total. The minimum Gasteiger partial charge on any atom is -0.507 e. The number of Topliss-reactive ketones (excluding diaryl/α,β-unsaturated/α-hetero) is 1. The molecule has 1 aromatic carbocycles. The fraction of sp³-hybridized carbons (Fsp3) is 0.400. The van der Waals surface area contributed by atoms with E-state index < -0.39 is 17.7 Å². The molecule has 7 heteroatoms. The second-order valence-electron chi connectivity index (χ2n) is 8.21. The summed E-state index contributed by atoms with van der Waals surface area (Å²) in [4.78, 5) is 31.8. The summed E-state index contributed by atoms with van der Waals surface area (Å²) in [7, 11) is 0. The molecular weight excluding hydrogens is 408 g/mol. The van der Waals surface area contributed by atoms with Crippen LogP contribution < -0.4 is 4.74 Å². The molecule has 1 aliphatic heterocycles. The highest BCUT2D eigenvalue weighted by Gasteiger charge is 2.46. The van der Waals surface area contributed by atoms with E-state index in [2.05, 4.69) is 4.98 Å². The molecule has 1 atom stereocenters.